The smallest absolute Gasteiger partial charge is 0.264 e. The number of carbonyl (C=O) groups excluding carboxylic acids is 1. The normalized spacial score (nSPS) is 10.0. The van der Waals surface area contributed by atoms with E-state index in [9.17, 15) is 4.79 Å². The Bertz CT molecular complexity index is 692. The molecule has 23 heavy (non-hydrogen) atoms. The van der Waals surface area contributed by atoms with Gasteiger partial charge in [-0.3, -0.25) is 10.1 Å². The maximum Gasteiger partial charge on any atom is 0.264 e. The van der Waals surface area contributed by atoms with Gasteiger partial charge in [0.15, 0.2) is 11.7 Å². The number of halogens is 1. The van der Waals surface area contributed by atoms with Gasteiger partial charge in [0, 0.05) is 10.2 Å². The number of aliphatic hydroxyl groups is 1. The van der Waals surface area contributed by atoms with Crippen LogP contribution in [-0.4, -0.2) is 22.7 Å². The molecule has 1 amide bonds. The van der Waals surface area contributed by atoms with Crippen molar-refractivity contribution < 1.29 is 14.6 Å². The van der Waals surface area contributed by atoms with Crippen molar-refractivity contribution >= 4 is 44.9 Å². The third-order valence-electron chi connectivity index (χ3n) is 2.80. The van der Waals surface area contributed by atoms with E-state index < -0.39 is 0 Å². The van der Waals surface area contributed by atoms with Gasteiger partial charge < -0.3 is 15.2 Å². The third-order valence-corrected chi connectivity index (χ3v) is 3.54. The van der Waals surface area contributed by atoms with Gasteiger partial charge in [0.2, 0.25) is 0 Å². The predicted octanol–water partition coefficient (Wildman–Crippen LogP) is 2.83. The molecule has 3 N–H and O–H groups in total. The minimum atomic E-state index is -0.358. The molecule has 2 aromatic rings. The number of carbonyl (C=O) groups is 1. The van der Waals surface area contributed by atoms with Crippen molar-refractivity contribution in [3.05, 3.63) is 58.6 Å². The van der Waals surface area contributed by atoms with Crippen molar-refractivity contribution in [3.8, 4) is 5.75 Å². The summed E-state index contributed by atoms with van der Waals surface area (Å²) in [6.45, 7) is -0.199. The Morgan fingerprint density at radius 2 is 1.96 bits per heavy atom. The number of aliphatic hydroxyl groups excluding tert-OH is 1. The Balaban J connectivity index is 1.80. The van der Waals surface area contributed by atoms with Crippen LogP contribution >= 0.6 is 28.1 Å². The Morgan fingerprint density at radius 3 is 2.65 bits per heavy atom. The number of anilines is 1. The molecule has 0 fully saturated rings. The molecule has 0 aliphatic heterocycles. The zero-order valence-corrected chi connectivity index (χ0v) is 14.5. The summed E-state index contributed by atoms with van der Waals surface area (Å²) in [6, 6.07) is 14.3. The van der Waals surface area contributed by atoms with Crippen LogP contribution in [0.4, 0.5) is 5.69 Å². The lowest BCUT2D eigenvalue weighted by molar-refractivity contribution is -0.121. The molecule has 0 bridgehead atoms. The molecule has 120 valence electrons. The summed E-state index contributed by atoms with van der Waals surface area (Å²) in [5.41, 5.74) is 1.44. The quantitative estimate of drug-likeness (QED) is 0.680. The van der Waals surface area contributed by atoms with E-state index in [1.54, 1.807) is 36.4 Å². The van der Waals surface area contributed by atoms with E-state index in [0.29, 0.717) is 11.4 Å². The van der Waals surface area contributed by atoms with Gasteiger partial charge in [-0.05, 0) is 54.2 Å². The topological polar surface area (TPSA) is 70.6 Å². The number of rotatable bonds is 5. The lowest BCUT2D eigenvalue weighted by Crippen LogP contribution is -2.37. The van der Waals surface area contributed by atoms with Crippen molar-refractivity contribution in [2.24, 2.45) is 0 Å². The van der Waals surface area contributed by atoms with Crippen LogP contribution in [-0.2, 0) is 11.4 Å². The van der Waals surface area contributed by atoms with Crippen LogP contribution in [0.25, 0.3) is 0 Å². The Hall–Kier alpha value is -1.96. The minimum Gasteiger partial charge on any atom is -0.484 e. The highest BCUT2D eigenvalue weighted by Crippen LogP contribution is 2.15. The minimum absolute atomic E-state index is 0.0599. The highest BCUT2D eigenvalue weighted by Gasteiger charge is 2.06. The molecule has 5 nitrogen and oxygen atoms in total. The number of ether oxygens (including phenoxy) is 1. The molecule has 0 saturated heterocycles. The summed E-state index contributed by atoms with van der Waals surface area (Å²) < 4.78 is 6.29. The van der Waals surface area contributed by atoms with Crippen LogP contribution in [0.3, 0.4) is 0 Å². The average Bonchev–Trinajstić information content (AvgIpc) is 2.54. The van der Waals surface area contributed by atoms with Crippen molar-refractivity contribution in [1.82, 2.24) is 5.32 Å². The average molecular weight is 395 g/mol. The summed E-state index contributed by atoms with van der Waals surface area (Å²) in [5, 5.41) is 14.7. The molecule has 0 heterocycles. The number of hydrogen-bond acceptors (Lipinski definition) is 4. The first-order valence-electron chi connectivity index (χ1n) is 6.76. The zero-order valence-electron chi connectivity index (χ0n) is 12.1. The summed E-state index contributed by atoms with van der Waals surface area (Å²) in [5.74, 6) is 0.238. The highest BCUT2D eigenvalue weighted by molar-refractivity contribution is 9.10. The predicted molar refractivity (Wildman–Crippen MR) is 96.4 cm³/mol. The third kappa shape index (κ3) is 5.97. The van der Waals surface area contributed by atoms with Crippen LogP contribution in [0.5, 0.6) is 5.75 Å². The number of hydrogen-bond donors (Lipinski definition) is 3. The van der Waals surface area contributed by atoms with Gasteiger partial charge in [-0.1, -0.05) is 28.1 Å². The number of thiocarbonyl (C=S) groups is 1. The fourth-order valence-corrected chi connectivity index (χ4v) is 2.25. The highest BCUT2D eigenvalue weighted by atomic mass is 79.9. The molecule has 2 aromatic carbocycles. The van der Waals surface area contributed by atoms with E-state index in [1.807, 2.05) is 12.1 Å². The first-order chi connectivity index (χ1) is 11.1. The molecular formula is C16H15BrN2O3S. The summed E-state index contributed by atoms with van der Waals surface area (Å²) >= 11 is 8.40. The number of amides is 1. The first kappa shape index (κ1) is 17.4. The maximum atomic E-state index is 11.8. The van der Waals surface area contributed by atoms with E-state index >= 15 is 0 Å². The van der Waals surface area contributed by atoms with Gasteiger partial charge in [-0.15, -0.1) is 0 Å². The van der Waals surface area contributed by atoms with E-state index in [4.69, 9.17) is 22.1 Å². The van der Waals surface area contributed by atoms with Gasteiger partial charge in [0.05, 0.1) is 6.61 Å². The molecule has 0 aliphatic rings. The summed E-state index contributed by atoms with van der Waals surface area (Å²) in [4.78, 5) is 11.8. The molecule has 0 spiro atoms. The molecule has 0 radical (unpaired) electrons. The maximum absolute atomic E-state index is 11.8. The van der Waals surface area contributed by atoms with E-state index in [1.165, 1.54) is 0 Å². The lowest BCUT2D eigenvalue weighted by atomic mass is 10.2. The second kappa shape index (κ2) is 8.61. The van der Waals surface area contributed by atoms with E-state index in [0.717, 1.165) is 10.0 Å². The Morgan fingerprint density at radius 1 is 1.22 bits per heavy atom. The van der Waals surface area contributed by atoms with Crippen LogP contribution in [0.15, 0.2) is 53.0 Å². The van der Waals surface area contributed by atoms with Crippen molar-refractivity contribution in [1.29, 1.82) is 0 Å². The fourth-order valence-electron chi connectivity index (χ4n) is 1.75. The van der Waals surface area contributed by atoms with Crippen LogP contribution < -0.4 is 15.4 Å². The summed E-state index contributed by atoms with van der Waals surface area (Å²) in [6.07, 6.45) is 0. The van der Waals surface area contributed by atoms with Gasteiger partial charge in [-0.2, -0.15) is 0 Å². The second-order valence-corrected chi connectivity index (χ2v) is 5.93. The van der Waals surface area contributed by atoms with E-state index in [-0.39, 0.29) is 24.2 Å². The fraction of sp³-hybridized carbons (Fsp3) is 0.125. The van der Waals surface area contributed by atoms with Crippen LogP contribution in [0.2, 0.25) is 0 Å². The van der Waals surface area contributed by atoms with Crippen molar-refractivity contribution in [3.63, 3.8) is 0 Å². The standard InChI is InChI=1S/C16H15BrN2O3S/c17-12-4-6-14(7-5-12)22-10-15(21)19-16(23)18-13-3-1-2-11(8-13)9-20/h1-8,20H,9-10H2,(H2,18,19,21,23). The lowest BCUT2D eigenvalue weighted by Gasteiger charge is -2.11. The number of benzene rings is 2. The van der Waals surface area contributed by atoms with E-state index in [2.05, 4.69) is 26.6 Å². The molecular weight excluding hydrogens is 380 g/mol. The monoisotopic (exact) mass is 394 g/mol. The Labute approximate surface area is 147 Å². The van der Waals surface area contributed by atoms with Gasteiger partial charge in [-0.25, -0.2) is 0 Å². The van der Waals surface area contributed by atoms with Gasteiger partial charge >= 0.3 is 0 Å². The van der Waals surface area contributed by atoms with Crippen LogP contribution in [0, 0.1) is 0 Å². The molecule has 0 atom stereocenters. The van der Waals surface area contributed by atoms with Gasteiger partial charge in [0.25, 0.3) is 5.91 Å². The molecule has 0 aliphatic carbocycles. The van der Waals surface area contributed by atoms with Crippen molar-refractivity contribution in [2.45, 2.75) is 6.61 Å². The molecule has 7 heteroatoms. The van der Waals surface area contributed by atoms with Crippen molar-refractivity contribution in [2.75, 3.05) is 11.9 Å². The summed E-state index contributed by atoms with van der Waals surface area (Å²) in [7, 11) is 0. The number of nitrogens with one attached hydrogen (secondary N) is 2. The molecule has 0 aromatic heterocycles. The van der Waals surface area contributed by atoms with Gasteiger partial charge in [0.1, 0.15) is 5.75 Å². The zero-order chi connectivity index (χ0) is 16.7. The van der Waals surface area contributed by atoms with Crippen LogP contribution in [0.1, 0.15) is 5.56 Å². The Kier molecular flexibility index (Phi) is 6.52. The molecule has 0 saturated carbocycles. The molecule has 0 unspecified atom stereocenters. The molecule has 2 rings (SSSR count). The second-order valence-electron chi connectivity index (χ2n) is 4.60. The SMILES string of the molecule is O=C(COc1ccc(Br)cc1)NC(=S)Nc1cccc(CO)c1. The largest absolute Gasteiger partial charge is 0.484 e. The first-order valence-corrected chi connectivity index (χ1v) is 7.96.